The van der Waals surface area contributed by atoms with Crippen molar-refractivity contribution in [3.8, 4) is 11.5 Å². The number of amides is 4. The predicted molar refractivity (Wildman–Crippen MR) is 131 cm³/mol. The van der Waals surface area contributed by atoms with E-state index in [0.717, 1.165) is 11.1 Å². The van der Waals surface area contributed by atoms with Crippen molar-refractivity contribution in [2.24, 2.45) is 0 Å². The summed E-state index contributed by atoms with van der Waals surface area (Å²) in [5, 5.41) is 5.67. The molecule has 0 saturated heterocycles. The molecule has 0 bridgehead atoms. The number of ether oxygens (including phenoxy) is 2. The van der Waals surface area contributed by atoms with Gasteiger partial charge >= 0.3 is 6.03 Å². The molecule has 0 unspecified atom stereocenters. The maximum absolute atomic E-state index is 13.0. The first-order valence-electron chi connectivity index (χ1n) is 11.2. The molecule has 0 radical (unpaired) electrons. The molecule has 0 aliphatic carbocycles. The first-order valence-corrected chi connectivity index (χ1v) is 11.2. The fourth-order valence-electron chi connectivity index (χ4n) is 3.99. The summed E-state index contributed by atoms with van der Waals surface area (Å²) < 4.78 is 10.7. The number of carbonyl (C=O) groups is 3. The molecular formula is C26H24N4O5. The average molecular weight is 473 g/mol. The van der Waals surface area contributed by atoms with Gasteiger partial charge in [-0.2, -0.15) is 0 Å². The maximum atomic E-state index is 13.0. The van der Waals surface area contributed by atoms with Crippen molar-refractivity contribution in [3.05, 3.63) is 77.9 Å². The van der Waals surface area contributed by atoms with Gasteiger partial charge in [-0.25, -0.2) is 4.79 Å². The molecule has 3 aromatic rings. The zero-order valence-corrected chi connectivity index (χ0v) is 19.1. The smallest absolute Gasteiger partial charge is 0.326 e. The lowest BCUT2D eigenvalue weighted by atomic mass is 10.1. The molecular weight excluding hydrogens is 448 g/mol. The summed E-state index contributed by atoms with van der Waals surface area (Å²) in [5.74, 6) is 0.650. The van der Waals surface area contributed by atoms with Crippen molar-refractivity contribution >= 4 is 34.9 Å². The summed E-state index contributed by atoms with van der Waals surface area (Å²) in [7, 11) is 0. The number of hydrogen-bond acceptors (Lipinski definition) is 5. The SMILES string of the molecule is Cc1ccc(NC(=O)N2CC(=O)N(CC(=O)NCc3ccc4c(c3)OCO4)c3ccccc32)cc1. The summed E-state index contributed by atoms with van der Waals surface area (Å²) >= 11 is 0. The van der Waals surface area contributed by atoms with Crippen LogP contribution in [0, 0.1) is 6.92 Å². The van der Waals surface area contributed by atoms with Crippen LogP contribution in [0.2, 0.25) is 0 Å². The number of rotatable bonds is 5. The molecule has 2 N–H and O–H groups in total. The Balaban J connectivity index is 1.27. The first kappa shape index (κ1) is 22.3. The number of carbonyl (C=O) groups excluding carboxylic acids is 3. The van der Waals surface area contributed by atoms with Crippen molar-refractivity contribution in [2.75, 3.05) is 35.0 Å². The van der Waals surface area contributed by atoms with E-state index >= 15 is 0 Å². The van der Waals surface area contributed by atoms with Crippen LogP contribution < -0.4 is 29.9 Å². The van der Waals surface area contributed by atoms with Crippen molar-refractivity contribution in [1.29, 1.82) is 0 Å². The van der Waals surface area contributed by atoms with E-state index in [-0.39, 0.29) is 38.2 Å². The number of benzene rings is 3. The van der Waals surface area contributed by atoms with Gasteiger partial charge in [-0.15, -0.1) is 0 Å². The Morgan fingerprint density at radius 2 is 1.69 bits per heavy atom. The minimum atomic E-state index is -0.415. The van der Waals surface area contributed by atoms with Gasteiger partial charge in [0.05, 0.1) is 11.4 Å². The highest BCUT2D eigenvalue weighted by atomic mass is 16.7. The minimum absolute atomic E-state index is 0.159. The van der Waals surface area contributed by atoms with E-state index in [1.165, 1.54) is 9.80 Å². The summed E-state index contributed by atoms with van der Waals surface area (Å²) in [4.78, 5) is 41.5. The largest absolute Gasteiger partial charge is 0.454 e. The number of nitrogens with one attached hydrogen (secondary N) is 2. The lowest BCUT2D eigenvalue weighted by Crippen LogP contribution is -2.51. The molecule has 2 aliphatic heterocycles. The van der Waals surface area contributed by atoms with E-state index < -0.39 is 6.03 Å². The third-order valence-electron chi connectivity index (χ3n) is 5.83. The molecule has 35 heavy (non-hydrogen) atoms. The van der Waals surface area contributed by atoms with Crippen LogP contribution in [-0.4, -0.2) is 37.7 Å². The fraction of sp³-hybridized carbons (Fsp3) is 0.192. The highest BCUT2D eigenvalue weighted by Crippen LogP contribution is 2.34. The lowest BCUT2D eigenvalue weighted by molar-refractivity contribution is -0.123. The number of nitrogens with zero attached hydrogens (tertiary/aromatic N) is 2. The van der Waals surface area contributed by atoms with Gasteiger partial charge < -0.3 is 20.1 Å². The zero-order chi connectivity index (χ0) is 24.4. The number of hydrogen-bond donors (Lipinski definition) is 2. The summed E-state index contributed by atoms with van der Waals surface area (Å²) in [5.41, 5.74) is 3.62. The van der Waals surface area contributed by atoms with E-state index in [1.807, 2.05) is 43.3 Å². The van der Waals surface area contributed by atoms with Gasteiger partial charge in [-0.1, -0.05) is 35.9 Å². The molecule has 2 aliphatic rings. The topological polar surface area (TPSA) is 100 Å². The molecule has 0 saturated carbocycles. The Labute approximate surface area is 202 Å². The monoisotopic (exact) mass is 472 g/mol. The van der Waals surface area contributed by atoms with Gasteiger partial charge in [-0.3, -0.25) is 19.4 Å². The molecule has 5 rings (SSSR count). The Bertz CT molecular complexity index is 1290. The summed E-state index contributed by atoms with van der Waals surface area (Å²) in [6, 6.07) is 19.5. The van der Waals surface area contributed by atoms with Crippen molar-refractivity contribution in [2.45, 2.75) is 13.5 Å². The molecule has 0 atom stereocenters. The second-order valence-electron chi connectivity index (χ2n) is 8.32. The van der Waals surface area contributed by atoms with Crippen LogP contribution in [0.15, 0.2) is 66.7 Å². The number of anilines is 3. The first-order chi connectivity index (χ1) is 17.0. The number of para-hydroxylation sites is 2. The van der Waals surface area contributed by atoms with Crippen LogP contribution in [0.4, 0.5) is 21.9 Å². The van der Waals surface area contributed by atoms with Gasteiger partial charge in [0.15, 0.2) is 11.5 Å². The quantitative estimate of drug-likeness (QED) is 0.593. The predicted octanol–water partition coefficient (Wildman–Crippen LogP) is 3.43. The van der Waals surface area contributed by atoms with E-state index in [1.54, 1.807) is 30.3 Å². The normalized spacial score (nSPS) is 13.9. The van der Waals surface area contributed by atoms with Crippen LogP contribution in [0.3, 0.4) is 0 Å². The third-order valence-corrected chi connectivity index (χ3v) is 5.83. The molecule has 3 aromatic carbocycles. The fourth-order valence-corrected chi connectivity index (χ4v) is 3.99. The second kappa shape index (κ2) is 9.38. The Hall–Kier alpha value is -4.53. The van der Waals surface area contributed by atoms with Gasteiger partial charge in [0.2, 0.25) is 18.6 Å². The van der Waals surface area contributed by atoms with E-state index in [0.29, 0.717) is 28.6 Å². The number of urea groups is 1. The Kier molecular flexibility index (Phi) is 5.97. The summed E-state index contributed by atoms with van der Waals surface area (Å²) in [6.07, 6.45) is 0. The maximum Gasteiger partial charge on any atom is 0.326 e. The Morgan fingerprint density at radius 3 is 2.49 bits per heavy atom. The molecule has 9 heteroatoms. The van der Waals surface area contributed by atoms with Gasteiger partial charge in [0.1, 0.15) is 13.1 Å². The number of aryl methyl sites for hydroxylation is 1. The molecule has 4 amide bonds. The second-order valence-corrected chi connectivity index (χ2v) is 8.32. The average Bonchev–Trinajstić information content (AvgIpc) is 3.33. The van der Waals surface area contributed by atoms with Gasteiger partial charge in [0.25, 0.3) is 0 Å². The molecule has 0 fully saturated rings. The molecule has 9 nitrogen and oxygen atoms in total. The zero-order valence-electron chi connectivity index (χ0n) is 19.1. The van der Waals surface area contributed by atoms with Crippen LogP contribution in [-0.2, 0) is 16.1 Å². The standard InChI is InChI=1S/C26H24N4O5/c1-17-6-9-19(10-7-17)28-26(33)30-15-25(32)29(20-4-2-3-5-21(20)30)14-24(31)27-13-18-8-11-22-23(12-18)35-16-34-22/h2-12H,13-16H2,1H3,(H,27,31)(H,28,33). The van der Waals surface area contributed by atoms with Crippen molar-refractivity contribution in [3.63, 3.8) is 0 Å². The molecule has 178 valence electrons. The van der Waals surface area contributed by atoms with Gasteiger partial charge in [0, 0.05) is 12.2 Å². The van der Waals surface area contributed by atoms with Crippen LogP contribution in [0.1, 0.15) is 11.1 Å². The van der Waals surface area contributed by atoms with Gasteiger partial charge in [-0.05, 0) is 48.9 Å². The van der Waals surface area contributed by atoms with Crippen molar-refractivity contribution in [1.82, 2.24) is 5.32 Å². The lowest BCUT2D eigenvalue weighted by Gasteiger charge is -2.35. The van der Waals surface area contributed by atoms with Crippen LogP contribution >= 0.6 is 0 Å². The van der Waals surface area contributed by atoms with E-state index in [9.17, 15) is 14.4 Å². The van der Waals surface area contributed by atoms with Crippen molar-refractivity contribution < 1.29 is 23.9 Å². The minimum Gasteiger partial charge on any atom is -0.454 e. The molecule has 2 heterocycles. The third kappa shape index (κ3) is 4.74. The van der Waals surface area contributed by atoms with E-state index in [2.05, 4.69) is 10.6 Å². The Morgan fingerprint density at radius 1 is 0.943 bits per heavy atom. The molecule has 0 spiro atoms. The highest BCUT2D eigenvalue weighted by molar-refractivity contribution is 6.15. The number of fused-ring (bicyclic) bond motifs is 2. The van der Waals surface area contributed by atoms with Crippen LogP contribution in [0.25, 0.3) is 0 Å². The molecule has 0 aromatic heterocycles. The highest BCUT2D eigenvalue weighted by Gasteiger charge is 2.33. The summed E-state index contributed by atoms with van der Waals surface area (Å²) in [6.45, 7) is 2.09. The van der Waals surface area contributed by atoms with E-state index in [4.69, 9.17) is 9.47 Å². The van der Waals surface area contributed by atoms with Crippen LogP contribution in [0.5, 0.6) is 11.5 Å².